The number of para-hydroxylation sites is 2. The molecule has 1 aromatic heterocycles. The minimum Gasteiger partial charge on any atom is -0.490 e. The van der Waals surface area contributed by atoms with E-state index in [-0.39, 0.29) is 11.4 Å². The van der Waals surface area contributed by atoms with E-state index in [9.17, 15) is 9.90 Å². The van der Waals surface area contributed by atoms with Crippen molar-refractivity contribution in [2.75, 3.05) is 13.2 Å². The lowest BCUT2D eigenvalue weighted by Gasteiger charge is -2.12. The Balaban J connectivity index is 2.00. The predicted octanol–water partition coefficient (Wildman–Crippen LogP) is 3.47. The van der Waals surface area contributed by atoms with E-state index in [2.05, 4.69) is 4.98 Å². The van der Waals surface area contributed by atoms with Crippen molar-refractivity contribution in [3.8, 4) is 17.4 Å². The second-order valence-electron chi connectivity index (χ2n) is 5.26. The van der Waals surface area contributed by atoms with E-state index in [1.54, 1.807) is 24.3 Å². The van der Waals surface area contributed by atoms with Crippen LogP contribution >= 0.6 is 0 Å². The Morgan fingerprint density at radius 1 is 1.04 bits per heavy atom. The van der Waals surface area contributed by atoms with Crippen molar-refractivity contribution in [3.63, 3.8) is 0 Å². The highest BCUT2D eigenvalue weighted by atomic mass is 16.5. The van der Waals surface area contributed by atoms with Crippen molar-refractivity contribution in [3.05, 3.63) is 48.2 Å². The van der Waals surface area contributed by atoms with Crippen molar-refractivity contribution in [1.29, 1.82) is 0 Å². The molecule has 0 aliphatic heterocycles. The van der Waals surface area contributed by atoms with Crippen molar-refractivity contribution in [2.24, 2.45) is 5.73 Å². The maximum atomic E-state index is 11.2. The van der Waals surface area contributed by atoms with Crippen LogP contribution in [0.3, 0.4) is 0 Å². The number of carbonyl (C=O) groups is 1. The first-order chi connectivity index (χ1) is 11.7. The molecular weight excluding hydrogens is 308 g/mol. The molecule has 1 aromatic carbocycles. The standard InChI is InChI=1S/C18H22N2O4/c19-11-5-1-2-6-13-23-15-9-3-4-10-16(15)24-17-14(18(21)22)8-7-12-20-17/h3-4,7-10,12H,1-2,5-6,11,13,19H2,(H,21,22). The first kappa shape index (κ1) is 17.7. The molecule has 0 amide bonds. The number of nitrogens with two attached hydrogens (primary N) is 1. The Hall–Kier alpha value is -2.60. The topological polar surface area (TPSA) is 94.7 Å². The molecule has 0 atom stereocenters. The molecule has 6 nitrogen and oxygen atoms in total. The molecule has 0 aliphatic rings. The summed E-state index contributed by atoms with van der Waals surface area (Å²) in [5, 5.41) is 9.20. The predicted molar refractivity (Wildman–Crippen MR) is 90.7 cm³/mol. The van der Waals surface area contributed by atoms with Gasteiger partial charge in [-0.1, -0.05) is 25.0 Å². The normalized spacial score (nSPS) is 10.4. The van der Waals surface area contributed by atoms with Crippen LogP contribution in [0.2, 0.25) is 0 Å². The fraction of sp³-hybridized carbons (Fsp3) is 0.333. The molecule has 3 N–H and O–H groups in total. The van der Waals surface area contributed by atoms with E-state index in [1.807, 2.05) is 6.07 Å². The van der Waals surface area contributed by atoms with Crippen LogP contribution in [0.4, 0.5) is 0 Å². The molecule has 128 valence electrons. The van der Waals surface area contributed by atoms with Gasteiger partial charge in [0.15, 0.2) is 11.5 Å². The van der Waals surface area contributed by atoms with Crippen LogP contribution in [0.1, 0.15) is 36.0 Å². The number of benzene rings is 1. The quantitative estimate of drug-likeness (QED) is 0.648. The van der Waals surface area contributed by atoms with Crippen molar-refractivity contribution in [2.45, 2.75) is 25.7 Å². The number of rotatable bonds is 10. The number of aromatic carboxylic acids is 1. The third-order valence-corrected chi connectivity index (χ3v) is 3.41. The molecule has 0 fully saturated rings. The molecule has 1 heterocycles. The van der Waals surface area contributed by atoms with Crippen LogP contribution in [0.15, 0.2) is 42.6 Å². The number of carboxylic acids is 1. The summed E-state index contributed by atoms with van der Waals surface area (Å²) >= 11 is 0. The largest absolute Gasteiger partial charge is 0.490 e. The molecular formula is C18H22N2O4. The second-order valence-corrected chi connectivity index (χ2v) is 5.26. The number of pyridine rings is 1. The summed E-state index contributed by atoms with van der Waals surface area (Å²) in [6, 6.07) is 10.2. The lowest BCUT2D eigenvalue weighted by atomic mass is 10.2. The highest BCUT2D eigenvalue weighted by Gasteiger charge is 2.14. The number of unbranched alkanes of at least 4 members (excludes halogenated alkanes) is 3. The summed E-state index contributed by atoms with van der Waals surface area (Å²) in [5.74, 6) is -0.0284. The van der Waals surface area contributed by atoms with Crippen molar-refractivity contribution < 1.29 is 19.4 Å². The number of hydrogen-bond acceptors (Lipinski definition) is 5. The summed E-state index contributed by atoms with van der Waals surface area (Å²) in [4.78, 5) is 15.2. The van der Waals surface area contributed by atoms with E-state index in [0.717, 1.165) is 25.7 Å². The zero-order chi connectivity index (χ0) is 17.2. The summed E-state index contributed by atoms with van der Waals surface area (Å²) < 4.78 is 11.4. The zero-order valence-corrected chi connectivity index (χ0v) is 13.5. The lowest BCUT2D eigenvalue weighted by Crippen LogP contribution is -2.03. The van der Waals surface area contributed by atoms with E-state index >= 15 is 0 Å². The number of carboxylic acid groups (broad SMARTS) is 1. The van der Waals surface area contributed by atoms with Crippen LogP contribution in [0.25, 0.3) is 0 Å². The van der Waals surface area contributed by atoms with Crippen LogP contribution in [0.5, 0.6) is 17.4 Å². The molecule has 0 bridgehead atoms. The number of nitrogens with zero attached hydrogens (tertiary/aromatic N) is 1. The molecule has 0 aliphatic carbocycles. The molecule has 0 radical (unpaired) electrons. The Kier molecular flexibility index (Phi) is 7.04. The van der Waals surface area contributed by atoms with Gasteiger partial charge in [0.2, 0.25) is 5.88 Å². The lowest BCUT2D eigenvalue weighted by molar-refractivity contribution is 0.0693. The smallest absolute Gasteiger partial charge is 0.341 e. The average Bonchev–Trinajstić information content (AvgIpc) is 2.59. The van der Waals surface area contributed by atoms with Gasteiger partial charge in [0.1, 0.15) is 5.56 Å². The van der Waals surface area contributed by atoms with Crippen LogP contribution < -0.4 is 15.2 Å². The molecule has 0 spiro atoms. The van der Waals surface area contributed by atoms with Gasteiger partial charge in [-0.05, 0) is 43.7 Å². The van der Waals surface area contributed by atoms with E-state index < -0.39 is 5.97 Å². The zero-order valence-electron chi connectivity index (χ0n) is 13.5. The van der Waals surface area contributed by atoms with E-state index in [4.69, 9.17) is 15.2 Å². The third kappa shape index (κ3) is 5.24. The fourth-order valence-corrected chi connectivity index (χ4v) is 2.17. The van der Waals surface area contributed by atoms with Gasteiger partial charge in [-0.2, -0.15) is 0 Å². The minimum atomic E-state index is -1.09. The molecule has 24 heavy (non-hydrogen) atoms. The molecule has 0 saturated carbocycles. The van der Waals surface area contributed by atoms with Crippen LogP contribution in [0, 0.1) is 0 Å². The first-order valence-electron chi connectivity index (χ1n) is 8.00. The van der Waals surface area contributed by atoms with Gasteiger partial charge in [0.05, 0.1) is 6.61 Å². The monoisotopic (exact) mass is 330 g/mol. The SMILES string of the molecule is NCCCCCCOc1ccccc1Oc1ncccc1C(=O)O. The van der Waals surface area contributed by atoms with Crippen LogP contribution in [-0.4, -0.2) is 29.2 Å². The van der Waals surface area contributed by atoms with Gasteiger partial charge in [-0.25, -0.2) is 9.78 Å². The van der Waals surface area contributed by atoms with E-state index in [1.165, 1.54) is 12.3 Å². The van der Waals surface area contributed by atoms with E-state index in [0.29, 0.717) is 24.7 Å². The Labute approximate surface area is 141 Å². The summed E-state index contributed by atoms with van der Waals surface area (Å²) in [7, 11) is 0. The maximum Gasteiger partial charge on any atom is 0.341 e. The first-order valence-corrected chi connectivity index (χ1v) is 8.00. The Morgan fingerprint density at radius 3 is 2.54 bits per heavy atom. The molecule has 2 aromatic rings. The highest BCUT2D eigenvalue weighted by molar-refractivity contribution is 5.90. The molecule has 6 heteroatoms. The number of ether oxygens (including phenoxy) is 2. The third-order valence-electron chi connectivity index (χ3n) is 3.41. The average molecular weight is 330 g/mol. The van der Waals surface area contributed by atoms with Gasteiger partial charge in [0.25, 0.3) is 0 Å². The van der Waals surface area contributed by atoms with Crippen LogP contribution in [-0.2, 0) is 0 Å². The van der Waals surface area contributed by atoms with Gasteiger partial charge < -0.3 is 20.3 Å². The molecule has 2 rings (SSSR count). The summed E-state index contributed by atoms with van der Waals surface area (Å²) in [6.45, 7) is 1.28. The molecule has 0 saturated heterocycles. The highest BCUT2D eigenvalue weighted by Crippen LogP contribution is 2.31. The summed E-state index contributed by atoms with van der Waals surface area (Å²) in [5.41, 5.74) is 5.47. The van der Waals surface area contributed by atoms with Crippen molar-refractivity contribution in [1.82, 2.24) is 4.98 Å². The van der Waals surface area contributed by atoms with Gasteiger partial charge in [0, 0.05) is 6.20 Å². The minimum absolute atomic E-state index is 0.00841. The van der Waals surface area contributed by atoms with Gasteiger partial charge in [-0.3, -0.25) is 0 Å². The van der Waals surface area contributed by atoms with Crippen molar-refractivity contribution >= 4 is 5.97 Å². The maximum absolute atomic E-state index is 11.2. The molecule has 0 unspecified atom stereocenters. The number of aromatic nitrogens is 1. The number of hydrogen-bond donors (Lipinski definition) is 2. The Bertz CT molecular complexity index is 661. The Morgan fingerprint density at radius 2 is 1.79 bits per heavy atom. The summed E-state index contributed by atoms with van der Waals surface area (Å²) in [6.07, 6.45) is 5.59. The second kappa shape index (κ2) is 9.52. The van der Waals surface area contributed by atoms with Gasteiger partial charge >= 0.3 is 5.97 Å². The van der Waals surface area contributed by atoms with Gasteiger partial charge in [-0.15, -0.1) is 0 Å². The fourth-order valence-electron chi connectivity index (χ4n) is 2.17.